The average Bonchev–Trinajstić information content (AvgIpc) is 3.00. The number of hydrogen-bond donors (Lipinski definition) is 1. The Labute approximate surface area is 152 Å². The molecule has 1 saturated heterocycles. The van der Waals surface area contributed by atoms with Gasteiger partial charge in [-0.1, -0.05) is 11.6 Å². The van der Waals surface area contributed by atoms with Crippen LogP contribution in [0.3, 0.4) is 0 Å². The van der Waals surface area contributed by atoms with Crippen LogP contribution in [0.4, 0.5) is 23.7 Å². The molecule has 0 unspecified atom stereocenters. The van der Waals surface area contributed by atoms with Gasteiger partial charge in [0, 0.05) is 37.7 Å². The second kappa shape index (κ2) is 7.16. The van der Waals surface area contributed by atoms with Crippen LogP contribution in [0, 0.1) is 0 Å². The summed E-state index contributed by atoms with van der Waals surface area (Å²) in [6.07, 6.45) is -1.60. The number of halogens is 4. The van der Waals surface area contributed by atoms with Crippen molar-refractivity contribution in [2.75, 3.05) is 31.9 Å². The van der Waals surface area contributed by atoms with E-state index in [2.05, 4.69) is 5.10 Å². The molecule has 1 fully saturated rings. The molecule has 140 valence electrons. The molecule has 0 saturated carbocycles. The molecule has 0 radical (unpaired) electrons. The van der Waals surface area contributed by atoms with Gasteiger partial charge in [0.25, 0.3) is 0 Å². The Morgan fingerprint density at radius 2 is 1.88 bits per heavy atom. The van der Waals surface area contributed by atoms with Gasteiger partial charge in [-0.3, -0.25) is 4.90 Å². The molecule has 2 N–H and O–H groups in total. The van der Waals surface area contributed by atoms with E-state index in [0.717, 1.165) is 12.1 Å². The van der Waals surface area contributed by atoms with Gasteiger partial charge < -0.3 is 10.6 Å². The number of hydrogen-bond acceptors (Lipinski definition) is 4. The maximum Gasteiger partial charge on any atom is 0.416 e. The van der Waals surface area contributed by atoms with Crippen LogP contribution in [0.15, 0.2) is 30.6 Å². The lowest BCUT2D eigenvalue weighted by atomic mass is 10.1. The van der Waals surface area contributed by atoms with Crippen LogP contribution in [0.2, 0.25) is 5.02 Å². The minimum atomic E-state index is -4.43. The Morgan fingerprint density at radius 3 is 2.46 bits per heavy atom. The lowest BCUT2D eigenvalue weighted by Gasteiger charge is -2.34. The summed E-state index contributed by atoms with van der Waals surface area (Å²) in [4.78, 5) is 15.9. The van der Waals surface area contributed by atoms with Gasteiger partial charge in [-0.25, -0.2) is 4.79 Å². The molecule has 1 aromatic heterocycles. The standard InChI is InChI=1S/C16H17ClF3N5O/c17-13-6-11(5-12(7-13)16(18,19)20)9-23-1-3-24(4-2-23)15(26)25-10-14(21)8-22-25/h5-8,10H,1-4,9,21H2. The quantitative estimate of drug-likeness (QED) is 0.860. The molecule has 1 aliphatic heterocycles. The van der Waals surface area contributed by atoms with Crippen LogP contribution in [0.25, 0.3) is 0 Å². The molecule has 1 amide bonds. The van der Waals surface area contributed by atoms with Crippen LogP contribution in [-0.4, -0.2) is 51.8 Å². The summed E-state index contributed by atoms with van der Waals surface area (Å²) in [6, 6.07) is 3.28. The summed E-state index contributed by atoms with van der Waals surface area (Å²) >= 11 is 5.82. The van der Waals surface area contributed by atoms with Crippen molar-refractivity contribution in [2.24, 2.45) is 0 Å². The number of nitrogens with two attached hydrogens (primary N) is 1. The highest BCUT2D eigenvalue weighted by Gasteiger charge is 2.31. The van der Waals surface area contributed by atoms with E-state index < -0.39 is 11.7 Å². The number of amides is 1. The lowest BCUT2D eigenvalue weighted by molar-refractivity contribution is -0.137. The van der Waals surface area contributed by atoms with Crippen LogP contribution < -0.4 is 5.73 Å². The van der Waals surface area contributed by atoms with Crippen LogP contribution in [-0.2, 0) is 12.7 Å². The number of alkyl halides is 3. The highest BCUT2D eigenvalue weighted by Crippen LogP contribution is 2.32. The molecule has 0 bridgehead atoms. The summed E-state index contributed by atoms with van der Waals surface area (Å²) in [6.45, 7) is 2.31. The molecule has 1 aliphatic rings. The molecular formula is C16H17ClF3N5O. The van der Waals surface area contributed by atoms with Crippen molar-refractivity contribution in [1.82, 2.24) is 19.6 Å². The second-order valence-electron chi connectivity index (χ2n) is 6.11. The molecule has 0 aliphatic carbocycles. The summed E-state index contributed by atoms with van der Waals surface area (Å²) in [7, 11) is 0. The van der Waals surface area contributed by atoms with E-state index in [1.54, 1.807) is 4.90 Å². The highest BCUT2D eigenvalue weighted by molar-refractivity contribution is 6.30. The summed E-state index contributed by atoms with van der Waals surface area (Å²) in [5.74, 6) is 0. The Balaban J connectivity index is 1.61. The number of carbonyl (C=O) groups is 1. The van der Waals surface area contributed by atoms with Crippen molar-refractivity contribution < 1.29 is 18.0 Å². The fraction of sp³-hybridized carbons (Fsp3) is 0.375. The summed E-state index contributed by atoms with van der Waals surface area (Å²) in [5, 5.41) is 3.94. The lowest BCUT2D eigenvalue weighted by Crippen LogP contribution is -2.49. The SMILES string of the molecule is Nc1cnn(C(=O)N2CCN(Cc3cc(Cl)cc(C(F)(F)F)c3)CC2)c1. The summed E-state index contributed by atoms with van der Waals surface area (Å²) in [5.41, 5.74) is 5.69. The van der Waals surface area contributed by atoms with Gasteiger partial charge in [0.2, 0.25) is 0 Å². The third kappa shape index (κ3) is 4.28. The van der Waals surface area contributed by atoms with E-state index in [-0.39, 0.29) is 11.1 Å². The van der Waals surface area contributed by atoms with Crippen LogP contribution in [0.5, 0.6) is 0 Å². The molecule has 10 heteroatoms. The zero-order valence-electron chi connectivity index (χ0n) is 13.7. The molecule has 3 rings (SSSR count). The smallest absolute Gasteiger partial charge is 0.396 e. The van der Waals surface area contributed by atoms with Crippen molar-refractivity contribution in [2.45, 2.75) is 12.7 Å². The summed E-state index contributed by atoms with van der Waals surface area (Å²) < 4.78 is 39.9. The molecule has 0 atom stereocenters. The Bertz CT molecular complexity index is 799. The predicted molar refractivity (Wildman–Crippen MR) is 90.7 cm³/mol. The third-order valence-electron chi connectivity index (χ3n) is 4.13. The zero-order chi connectivity index (χ0) is 18.9. The number of carbonyl (C=O) groups excluding carboxylic acids is 1. The number of benzene rings is 1. The fourth-order valence-electron chi connectivity index (χ4n) is 2.85. The maximum absolute atomic E-state index is 12.9. The molecule has 2 heterocycles. The number of rotatable bonds is 2. The van der Waals surface area contributed by atoms with Gasteiger partial charge in [0.1, 0.15) is 0 Å². The molecule has 2 aromatic rings. The monoisotopic (exact) mass is 387 g/mol. The number of anilines is 1. The first-order valence-electron chi connectivity index (χ1n) is 7.91. The van der Waals surface area contributed by atoms with E-state index >= 15 is 0 Å². The Hall–Kier alpha value is -2.26. The van der Waals surface area contributed by atoms with E-state index in [0.29, 0.717) is 44.0 Å². The number of piperazine rings is 1. The molecule has 26 heavy (non-hydrogen) atoms. The van der Waals surface area contributed by atoms with Gasteiger partial charge in [-0.2, -0.15) is 23.0 Å². The van der Waals surface area contributed by atoms with E-state index in [9.17, 15) is 18.0 Å². The van der Waals surface area contributed by atoms with Crippen LogP contribution in [0.1, 0.15) is 11.1 Å². The third-order valence-corrected chi connectivity index (χ3v) is 4.35. The second-order valence-corrected chi connectivity index (χ2v) is 6.55. The predicted octanol–water partition coefficient (Wildman–Crippen LogP) is 2.92. The van der Waals surface area contributed by atoms with E-state index in [1.807, 2.05) is 4.90 Å². The van der Waals surface area contributed by atoms with Crippen molar-refractivity contribution >= 4 is 23.3 Å². The van der Waals surface area contributed by atoms with Crippen molar-refractivity contribution in [1.29, 1.82) is 0 Å². The largest absolute Gasteiger partial charge is 0.416 e. The number of nitrogens with zero attached hydrogens (tertiary/aromatic N) is 4. The van der Waals surface area contributed by atoms with E-state index in [1.165, 1.54) is 23.1 Å². The number of nitrogen functional groups attached to an aromatic ring is 1. The minimum absolute atomic E-state index is 0.0555. The maximum atomic E-state index is 12.9. The van der Waals surface area contributed by atoms with Gasteiger partial charge in [-0.05, 0) is 23.8 Å². The van der Waals surface area contributed by atoms with Crippen molar-refractivity contribution in [3.63, 3.8) is 0 Å². The molecule has 1 aromatic carbocycles. The van der Waals surface area contributed by atoms with E-state index in [4.69, 9.17) is 17.3 Å². The molecule has 0 spiro atoms. The van der Waals surface area contributed by atoms with Crippen molar-refractivity contribution in [3.8, 4) is 0 Å². The first-order chi connectivity index (χ1) is 12.2. The van der Waals surface area contributed by atoms with Gasteiger partial charge >= 0.3 is 12.2 Å². The van der Waals surface area contributed by atoms with Gasteiger partial charge in [0.05, 0.1) is 23.6 Å². The zero-order valence-corrected chi connectivity index (χ0v) is 14.5. The highest BCUT2D eigenvalue weighted by atomic mass is 35.5. The first-order valence-corrected chi connectivity index (χ1v) is 8.28. The first kappa shape index (κ1) is 18.5. The topological polar surface area (TPSA) is 67.4 Å². The molecular weight excluding hydrogens is 371 g/mol. The fourth-order valence-corrected chi connectivity index (χ4v) is 3.10. The average molecular weight is 388 g/mol. The minimum Gasteiger partial charge on any atom is -0.396 e. The Morgan fingerprint density at radius 1 is 1.19 bits per heavy atom. The van der Waals surface area contributed by atoms with Crippen molar-refractivity contribution in [3.05, 3.63) is 46.7 Å². The van der Waals surface area contributed by atoms with Gasteiger partial charge in [-0.15, -0.1) is 0 Å². The van der Waals surface area contributed by atoms with Crippen LogP contribution >= 0.6 is 11.6 Å². The van der Waals surface area contributed by atoms with Gasteiger partial charge in [0.15, 0.2) is 0 Å². The Kier molecular flexibility index (Phi) is 5.10. The normalized spacial score (nSPS) is 16.1. The number of aromatic nitrogens is 2. The molecule has 6 nitrogen and oxygen atoms in total.